The van der Waals surface area contributed by atoms with Crippen LogP contribution in [0.25, 0.3) is 10.9 Å². The number of pyridine rings is 1. The Bertz CT molecular complexity index is 1070. The first kappa shape index (κ1) is 17.8. The lowest BCUT2D eigenvalue weighted by molar-refractivity contribution is 0.0633. The molecule has 0 aliphatic carbocycles. The maximum absolute atomic E-state index is 12.4. The molecule has 4 rings (SSSR count). The van der Waals surface area contributed by atoms with Gasteiger partial charge in [0.25, 0.3) is 11.8 Å². The second-order valence-electron chi connectivity index (χ2n) is 6.68. The van der Waals surface area contributed by atoms with Crippen LogP contribution in [-0.4, -0.2) is 50.0 Å². The highest BCUT2D eigenvalue weighted by Gasteiger charge is 2.34. The summed E-state index contributed by atoms with van der Waals surface area (Å²) in [5, 5.41) is 4.77. The summed E-state index contributed by atoms with van der Waals surface area (Å²) in [4.78, 5) is 41.8. The van der Waals surface area contributed by atoms with E-state index in [0.717, 1.165) is 5.39 Å². The molecule has 0 radical (unpaired) electrons. The lowest BCUT2D eigenvalue weighted by atomic mass is 10.1. The molecule has 1 aliphatic heterocycles. The minimum absolute atomic E-state index is 0.195. The fourth-order valence-electron chi connectivity index (χ4n) is 3.24. The van der Waals surface area contributed by atoms with Crippen LogP contribution >= 0.6 is 0 Å². The van der Waals surface area contributed by atoms with Crippen molar-refractivity contribution < 1.29 is 19.1 Å². The van der Waals surface area contributed by atoms with Crippen LogP contribution in [-0.2, 0) is 0 Å². The molecule has 1 atom stereocenters. The van der Waals surface area contributed by atoms with Crippen LogP contribution < -0.4 is 4.74 Å². The van der Waals surface area contributed by atoms with Gasteiger partial charge in [0.2, 0.25) is 11.8 Å². The van der Waals surface area contributed by atoms with Gasteiger partial charge in [0.1, 0.15) is 0 Å². The Hall–Kier alpha value is -3.55. The number of carbonyl (C=O) groups excluding carboxylic acids is 3. The molecule has 0 bridgehead atoms. The molecule has 0 saturated carbocycles. The summed E-state index contributed by atoms with van der Waals surface area (Å²) in [5.41, 5.74) is 1.49. The molecule has 2 aromatic heterocycles. The number of nitrogens with zero attached hydrogens (tertiary/aromatic N) is 4. The lowest BCUT2D eigenvalue weighted by Crippen LogP contribution is -2.33. The summed E-state index contributed by atoms with van der Waals surface area (Å²) in [7, 11) is 0. The number of aromatic nitrogens is 3. The molecule has 28 heavy (non-hydrogen) atoms. The predicted molar refractivity (Wildman–Crippen MR) is 100 cm³/mol. The summed E-state index contributed by atoms with van der Waals surface area (Å²) in [5.74, 6) is -0.349. The van der Waals surface area contributed by atoms with Crippen molar-refractivity contribution in [2.45, 2.75) is 26.4 Å². The molecule has 0 saturated heterocycles. The average Bonchev–Trinajstić information content (AvgIpc) is 3.20. The molecule has 0 N–H and O–H groups in total. The van der Waals surface area contributed by atoms with E-state index >= 15 is 0 Å². The molecule has 3 heterocycles. The minimum Gasteiger partial charge on any atom is -0.475 e. The summed E-state index contributed by atoms with van der Waals surface area (Å²) < 4.78 is 7.09. The van der Waals surface area contributed by atoms with Gasteiger partial charge in [-0.25, -0.2) is 4.98 Å². The van der Waals surface area contributed by atoms with Gasteiger partial charge in [-0.1, -0.05) is 12.1 Å². The van der Waals surface area contributed by atoms with Crippen molar-refractivity contribution in [3.8, 4) is 5.88 Å². The molecular weight excluding hydrogens is 360 g/mol. The van der Waals surface area contributed by atoms with E-state index < -0.39 is 0 Å². The number of imide groups is 1. The second-order valence-corrected chi connectivity index (χ2v) is 6.68. The zero-order chi connectivity index (χ0) is 19.8. The molecule has 2 amide bonds. The Morgan fingerprint density at radius 3 is 2.46 bits per heavy atom. The Balaban J connectivity index is 1.41. The molecule has 0 spiro atoms. The number of rotatable bonds is 5. The number of fused-ring (bicyclic) bond motifs is 2. The Labute approximate surface area is 160 Å². The summed E-state index contributed by atoms with van der Waals surface area (Å²) in [6.45, 7) is 3.54. The van der Waals surface area contributed by atoms with Crippen molar-refractivity contribution in [3.05, 3.63) is 53.9 Å². The lowest BCUT2D eigenvalue weighted by Gasteiger charge is -2.18. The van der Waals surface area contributed by atoms with Gasteiger partial charge in [-0.05, 0) is 19.1 Å². The van der Waals surface area contributed by atoms with Gasteiger partial charge >= 0.3 is 0 Å². The van der Waals surface area contributed by atoms with E-state index in [2.05, 4.69) is 10.1 Å². The van der Waals surface area contributed by atoms with E-state index in [1.54, 1.807) is 36.5 Å². The topological polar surface area (TPSA) is 94.4 Å². The van der Waals surface area contributed by atoms with Crippen molar-refractivity contribution in [3.63, 3.8) is 0 Å². The highest BCUT2D eigenvalue weighted by atomic mass is 16.5. The third-order valence-electron chi connectivity index (χ3n) is 4.69. The average molecular weight is 378 g/mol. The van der Waals surface area contributed by atoms with Crippen LogP contribution in [0.2, 0.25) is 0 Å². The molecule has 1 aliphatic rings. The minimum atomic E-state index is -0.274. The zero-order valence-corrected chi connectivity index (χ0v) is 15.5. The monoisotopic (exact) mass is 378 g/mol. The fraction of sp³-hybridized carbons (Fsp3) is 0.250. The van der Waals surface area contributed by atoms with Crippen molar-refractivity contribution in [2.24, 2.45) is 0 Å². The van der Waals surface area contributed by atoms with Crippen LogP contribution in [0.1, 0.15) is 45.8 Å². The molecule has 8 heteroatoms. The maximum Gasteiger partial charge on any atom is 0.261 e. The van der Waals surface area contributed by atoms with Gasteiger partial charge in [-0.2, -0.15) is 9.78 Å². The molecule has 8 nitrogen and oxygen atoms in total. The van der Waals surface area contributed by atoms with Gasteiger partial charge in [-0.3, -0.25) is 19.3 Å². The SMILES string of the molecule is CC(=O)n1ncc2cc(O[C@H](C)CCN3C(=O)c4ccccc4C3=O)ncc21. The Kier molecular flexibility index (Phi) is 4.38. The number of amides is 2. The quantitative estimate of drug-likeness (QED) is 0.633. The number of benzene rings is 1. The first-order chi connectivity index (χ1) is 13.5. The molecule has 3 aromatic rings. The summed E-state index contributed by atoms with van der Waals surface area (Å²) in [6.07, 6.45) is 3.32. The highest BCUT2D eigenvalue weighted by molar-refractivity contribution is 6.21. The normalized spacial score (nSPS) is 14.4. The summed E-state index contributed by atoms with van der Waals surface area (Å²) in [6, 6.07) is 8.52. The van der Waals surface area contributed by atoms with E-state index in [1.165, 1.54) is 22.7 Å². The largest absolute Gasteiger partial charge is 0.475 e. The van der Waals surface area contributed by atoms with Crippen LogP contribution in [0, 0.1) is 0 Å². The van der Waals surface area contributed by atoms with Crippen molar-refractivity contribution in [1.82, 2.24) is 19.7 Å². The van der Waals surface area contributed by atoms with E-state index in [-0.39, 0.29) is 30.4 Å². The van der Waals surface area contributed by atoms with Crippen LogP contribution in [0.4, 0.5) is 0 Å². The predicted octanol–water partition coefficient (Wildman–Crippen LogP) is 2.55. The highest BCUT2D eigenvalue weighted by Crippen LogP contribution is 2.23. The van der Waals surface area contributed by atoms with Crippen LogP contribution in [0.15, 0.2) is 42.7 Å². The van der Waals surface area contributed by atoms with E-state index in [4.69, 9.17) is 4.74 Å². The molecule has 142 valence electrons. The maximum atomic E-state index is 12.4. The molecule has 1 aromatic carbocycles. The van der Waals surface area contributed by atoms with Gasteiger partial charge < -0.3 is 4.74 Å². The van der Waals surface area contributed by atoms with Gasteiger partial charge in [0.05, 0.1) is 35.1 Å². The third kappa shape index (κ3) is 3.02. The first-order valence-corrected chi connectivity index (χ1v) is 8.92. The number of hydrogen-bond acceptors (Lipinski definition) is 6. The Morgan fingerprint density at radius 1 is 1.14 bits per heavy atom. The summed E-state index contributed by atoms with van der Waals surface area (Å²) >= 11 is 0. The van der Waals surface area contributed by atoms with Gasteiger partial charge in [0.15, 0.2) is 0 Å². The molecule has 0 fully saturated rings. The Morgan fingerprint density at radius 2 is 1.82 bits per heavy atom. The van der Waals surface area contributed by atoms with Crippen molar-refractivity contribution >= 4 is 28.6 Å². The number of carbonyl (C=O) groups is 3. The second kappa shape index (κ2) is 6.88. The number of ether oxygens (including phenoxy) is 1. The van der Waals surface area contributed by atoms with E-state index in [9.17, 15) is 14.4 Å². The van der Waals surface area contributed by atoms with Crippen LogP contribution in [0.5, 0.6) is 5.88 Å². The third-order valence-corrected chi connectivity index (χ3v) is 4.69. The first-order valence-electron chi connectivity index (χ1n) is 8.92. The zero-order valence-electron chi connectivity index (χ0n) is 15.5. The van der Waals surface area contributed by atoms with Crippen LogP contribution in [0.3, 0.4) is 0 Å². The molecule has 0 unspecified atom stereocenters. The van der Waals surface area contributed by atoms with Crippen molar-refractivity contribution in [2.75, 3.05) is 6.54 Å². The standard InChI is InChI=1S/C20H18N4O4/c1-12(7-8-23-19(26)15-5-3-4-6-16(15)20(23)27)28-18-9-14-10-22-24(13(2)25)17(14)11-21-18/h3-6,9-12H,7-8H2,1-2H3/t12-/m1/s1. The number of hydrogen-bond donors (Lipinski definition) is 0. The smallest absolute Gasteiger partial charge is 0.261 e. The van der Waals surface area contributed by atoms with Gasteiger partial charge in [0, 0.05) is 31.3 Å². The van der Waals surface area contributed by atoms with Crippen molar-refractivity contribution in [1.29, 1.82) is 0 Å². The van der Waals surface area contributed by atoms with E-state index in [1.807, 2.05) is 6.92 Å². The van der Waals surface area contributed by atoms with E-state index in [0.29, 0.717) is 28.9 Å². The fourth-order valence-corrected chi connectivity index (χ4v) is 3.24. The molecular formula is C20H18N4O4. The van der Waals surface area contributed by atoms with Gasteiger partial charge in [-0.15, -0.1) is 0 Å².